The maximum absolute atomic E-state index is 13.1. The van der Waals surface area contributed by atoms with E-state index in [2.05, 4.69) is 4.98 Å². The number of aromatic nitrogens is 1. The molecule has 0 amide bonds. The number of rotatable bonds is 4. The van der Waals surface area contributed by atoms with Crippen LogP contribution in [0.5, 0.6) is 5.75 Å². The second kappa shape index (κ2) is 8.37. The molecule has 0 unspecified atom stereocenters. The number of halogens is 1. The van der Waals surface area contributed by atoms with Gasteiger partial charge in [-0.1, -0.05) is 19.9 Å². The lowest BCUT2D eigenvalue weighted by molar-refractivity contribution is 0.207. The monoisotopic (exact) mass is 290 g/mol. The molecule has 1 aromatic heterocycles. The third-order valence-electron chi connectivity index (χ3n) is 2.98. The largest absolute Gasteiger partial charge is 0.483 e. The molecule has 2 aromatic rings. The summed E-state index contributed by atoms with van der Waals surface area (Å²) in [6.07, 6.45) is 1.39. The highest BCUT2D eigenvalue weighted by Crippen LogP contribution is 2.25. The normalized spacial score (nSPS) is 11.3. The molecule has 0 saturated carbocycles. The van der Waals surface area contributed by atoms with Gasteiger partial charge in [0.2, 0.25) is 0 Å². The minimum absolute atomic E-state index is 0.275. The van der Waals surface area contributed by atoms with Gasteiger partial charge >= 0.3 is 0 Å². The van der Waals surface area contributed by atoms with Crippen molar-refractivity contribution < 1.29 is 9.13 Å². The second-order valence-corrected chi connectivity index (χ2v) is 4.46. The summed E-state index contributed by atoms with van der Waals surface area (Å²) in [5, 5.41) is 0. The fourth-order valence-electron chi connectivity index (χ4n) is 1.95. The molecule has 1 aromatic carbocycles. The lowest BCUT2D eigenvalue weighted by Crippen LogP contribution is -2.21. The molecule has 0 bridgehead atoms. The minimum Gasteiger partial charge on any atom is -0.483 e. The van der Waals surface area contributed by atoms with Gasteiger partial charge in [-0.2, -0.15) is 0 Å². The van der Waals surface area contributed by atoms with Crippen LogP contribution in [0.3, 0.4) is 0 Å². The van der Waals surface area contributed by atoms with Crippen LogP contribution >= 0.6 is 0 Å². The quantitative estimate of drug-likeness (QED) is 0.927. The van der Waals surface area contributed by atoms with E-state index in [0.29, 0.717) is 12.3 Å². The second-order valence-electron chi connectivity index (χ2n) is 4.46. The van der Waals surface area contributed by atoms with Gasteiger partial charge in [0.25, 0.3) is 0 Å². The SMILES string of the molecule is CC.Cc1cc(F)ccc1O[C@@H](CN)c1ncccc1C. The topological polar surface area (TPSA) is 48.1 Å². The van der Waals surface area contributed by atoms with Gasteiger partial charge in [-0.05, 0) is 49.2 Å². The van der Waals surface area contributed by atoms with E-state index in [1.165, 1.54) is 12.1 Å². The van der Waals surface area contributed by atoms with Crippen LogP contribution in [0, 0.1) is 19.7 Å². The highest BCUT2D eigenvalue weighted by molar-refractivity contribution is 5.33. The van der Waals surface area contributed by atoms with Crippen molar-refractivity contribution in [1.82, 2.24) is 4.98 Å². The summed E-state index contributed by atoms with van der Waals surface area (Å²) < 4.78 is 18.9. The van der Waals surface area contributed by atoms with Crippen LogP contribution in [0.1, 0.15) is 36.8 Å². The van der Waals surface area contributed by atoms with E-state index >= 15 is 0 Å². The molecule has 0 aliphatic carbocycles. The lowest BCUT2D eigenvalue weighted by atomic mass is 10.1. The molecule has 21 heavy (non-hydrogen) atoms. The van der Waals surface area contributed by atoms with Crippen molar-refractivity contribution in [2.45, 2.75) is 33.8 Å². The lowest BCUT2D eigenvalue weighted by Gasteiger charge is -2.19. The van der Waals surface area contributed by atoms with Crippen molar-refractivity contribution in [2.24, 2.45) is 5.73 Å². The number of benzene rings is 1. The molecule has 0 spiro atoms. The van der Waals surface area contributed by atoms with Crippen LogP contribution in [-0.2, 0) is 0 Å². The summed E-state index contributed by atoms with van der Waals surface area (Å²) >= 11 is 0. The molecule has 3 nitrogen and oxygen atoms in total. The summed E-state index contributed by atoms with van der Waals surface area (Å²) in [7, 11) is 0. The van der Waals surface area contributed by atoms with E-state index < -0.39 is 0 Å². The Kier molecular flexibility index (Phi) is 6.82. The van der Waals surface area contributed by atoms with Gasteiger partial charge in [-0.25, -0.2) is 4.39 Å². The van der Waals surface area contributed by atoms with E-state index in [1.807, 2.05) is 32.9 Å². The first kappa shape index (κ1) is 17.1. The van der Waals surface area contributed by atoms with E-state index in [1.54, 1.807) is 19.2 Å². The van der Waals surface area contributed by atoms with Gasteiger partial charge in [-0.3, -0.25) is 4.98 Å². The molecule has 0 fully saturated rings. The van der Waals surface area contributed by atoms with Gasteiger partial charge in [0.15, 0.2) is 6.10 Å². The maximum Gasteiger partial charge on any atom is 0.153 e. The van der Waals surface area contributed by atoms with Crippen molar-refractivity contribution >= 4 is 0 Å². The number of pyridine rings is 1. The van der Waals surface area contributed by atoms with Gasteiger partial charge < -0.3 is 10.5 Å². The summed E-state index contributed by atoms with van der Waals surface area (Å²) in [6, 6.07) is 8.27. The van der Waals surface area contributed by atoms with E-state index in [-0.39, 0.29) is 11.9 Å². The maximum atomic E-state index is 13.1. The molecule has 1 heterocycles. The van der Waals surface area contributed by atoms with Crippen molar-refractivity contribution in [1.29, 1.82) is 0 Å². The third-order valence-corrected chi connectivity index (χ3v) is 2.98. The van der Waals surface area contributed by atoms with Crippen LogP contribution in [0.2, 0.25) is 0 Å². The van der Waals surface area contributed by atoms with Crippen molar-refractivity contribution in [3.05, 3.63) is 59.2 Å². The Hall–Kier alpha value is -1.94. The van der Waals surface area contributed by atoms with Crippen molar-refractivity contribution in [3.63, 3.8) is 0 Å². The highest BCUT2D eigenvalue weighted by Gasteiger charge is 2.16. The smallest absolute Gasteiger partial charge is 0.153 e. The Balaban J connectivity index is 0.00000106. The number of aryl methyl sites for hydroxylation is 2. The Morgan fingerprint density at radius 2 is 1.90 bits per heavy atom. The van der Waals surface area contributed by atoms with Crippen LogP contribution in [-0.4, -0.2) is 11.5 Å². The summed E-state index contributed by atoms with van der Waals surface area (Å²) in [5.41, 5.74) is 8.34. The number of ether oxygens (including phenoxy) is 1. The standard InChI is InChI=1S/C15H17FN2O.C2H6/c1-10-4-3-7-18-15(10)14(9-17)19-13-6-5-12(16)8-11(13)2;1-2/h3-8,14H,9,17H2,1-2H3;1-2H3/t14-;/m0./s1. The molecule has 0 aliphatic heterocycles. The van der Waals surface area contributed by atoms with Crippen molar-refractivity contribution in [3.8, 4) is 5.75 Å². The zero-order valence-electron chi connectivity index (χ0n) is 13.1. The van der Waals surface area contributed by atoms with E-state index in [0.717, 1.165) is 16.8 Å². The van der Waals surface area contributed by atoms with Gasteiger partial charge in [-0.15, -0.1) is 0 Å². The van der Waals surface area contributed by atoms with E-state index in [9.17, 15) is 4.39 Å². The minimum atomic E-state index is -0.328. The van der Waals surface area contributed by atoms with E-state index in [4.69, 9.17) is 10.5 Å². The van der Waals surface area contributed by atoms with Crippen LogP contribution in [0.15, 0.2) is 36.5 Å². The average molecular weight is 290 g/mol. The van der Waals surface area contributed by atoms with Gasteiger partial charge in [0.05, 0.1) is 5.69 Å². The molecule has 0 radical (unpaired) electrons. The Morgan fingerprint density at radius 1 is 1.19 bits per heavy atom. The number of hydrogen-bond acceptors (Lipinski definition) is 3. The predicted molar refractivity (Wildman–Crippen MR) is 83.9 cm³/mol. The van der Waals surface area contributed by atoms with Crippen LogP contribution in [0.4, 0.5) is 4.39 Å². The first-order valence-electron chi connectivity index (χ1n) is 7.16. The first-order chi connectivity index (χ1) is 10.1. The molecule has 2 N–H and O–H groups in total. The summed E-state index contributed by atoms with van der Waals surface area (Å²) in [4.78, 5) is 4.31. The first-order valence-corrected chi connectivity index (χ1v) is 7.16. The molecule has 4 heteroatoms. The van der Waals surface area contributed by atoms with Gasteiger partial charge in [0.1, 0.15) is 11.6 Å². The Labute approximate surface area is 126 Å². The zero-order valence-corrected chi connectivity index (χ0v) is 13.1. The molecule has 2 rings (SSSR count). The molecule has 114 valence electrons. The van der Waals surface area contributed by atoms with Crippen LogP contribution < -0.4 is 10.5 Å². The Bertz CT molecular complexity index is 572. The zero-order chi connectivity index (χ0) is 15.8. The predicted octanol–water partition coefficient (Wildman–Crippen LogP) is 3.94. The fourth-order valence-corrected chi connectivity index (χ4v) is 1.95. The number of hydrogen-bond donors (Lipinski definition) is 1. The molecule has 1 atom stereocenters. The molecule has 0 saturated heterocycles. The molecular weight excluding hydrogens is 267 g/mol. The summed E-state index contributed by atoms with van der Waals surface area (Å²) in [6.45, 7) is 8.08. The fraction of sp³-hybridized carbons (Fsp3) is 0.353. The third kappa shape index (κ3) is 4.53. The van der Waals surface area contributed by atoms with Gasteiger partial charge in [0, 0.05) is 12.7 Å². The average Bonchev–Trinajstić information content (AvgIpc) is 2.50. The number of nitrogens with two attached hydrogens (primary N) is 1. The molecule has 0 aliphatic rings. The molecular formula is C17H23FN2O. The summed E-state index contributed by atoms with van der Waals surface area (Å²) in [5.74, 6) is 0.352. The highest BCUT2D eigenvalue weighted by atomic mass is 19.1. The number of nitrogens with zero attached hydrogens (tertiary/aromatic N) is 1. The van der Waals surface area contributed by atoms with Crippen molar-refractivity contribution in [2.75, 3.05) is 6.54 Å². The van der Waals surface area contributed by atoms with Crippen LogP contribution in [0.25, 0.3) is 0 Å². The Morgan fingerprint density at radius 3 is 2.48 bits per heavy atom.